The standard InChI is InChI=1S/C17H25NO2/c1-5-10-16(6-2)18(14(3)4)17(19)20-13-15-11-8-7-9-12-15/h5,7-9,11-12,14,16H,1,6,10,13H2,2-4H3. The van der Waals surface area contributed by atoms with E-state index in [0.29, 0.717) is 6.61 Å². The van der Waals surface area contributed by atoms with Crippen molar-refractivity contribution in [2.45, 2.75) is 52.3 Å². The van der Waals surface area contributed by atoms with Gasteiger partial charge in [-0.2, -0.15) is 0 Å². The van der Waals surface area contributed by atoms with Crippen molar-refractivity contribution in [2.24, 2.45) is 0 Å². The zero-order chi connectivity index (χ0) is 15.0. The van der Waals surface area contributed by atoms with Crippen LogP contribution in [0.1, 0.15) is 39.2 Å². The fourth-order valence-electron chi connectivity index (χ4n) is 2.24. The number of hydrogen-bond acceptors (Lipinski definition) is 2. The van der Waals surface area contributed by atoms with E-state index in [4.69, 9.17) is 4.74 Å². The molecule has 110 valence electrons. The van der Waals surface area contributed by atoms with E-state index in [2.05, 4.69) is 13.5 Å². The Morgan fingerprint density at radius 2 is 2.00 bits per heavy atom. The Morgan fingerprint density at radius 3 is 2.50 bits per heavy atom. The molecule has 1 unspecified atom stereocenters. The lowest BCUT2D eigenvalue weighted by molar-refractivity contribution is 0.0666. The summed E-state index contributed by atoms with van der Waals surface area (Å²) in [5.74, 6) is 0. The molecular formula is C17H25NO2. The topological polar surface area (TPSA) is 29.5 Å². The van der Waals surface area contributed by atoms with Gasteiger partial charge in [0.2, 0.25) is 0 Å². The number of hydrogen-bond donors (Lipinski definition) is 0. The summed E-state index contributed by atoms with van der Waals surface area (Å²) in [7, 11) is 0. The molecule has 0 spiro atoms. The van der Waals surface area contributed by atoms with E-state index in [1.54, 1.807) is 0 Å². The van der Waals surface area contributed by atoms with E-state index >= 15 is 0 Å². The highest BCUT2D eigenvalue weighted by atomic mass is 16.6. The molecule has 0 aliphatic rings. The van der Waals surface area contributed by atoms with Crippen LogP contribution in [0.3, 0.4) is 0 Å². The number of amides is 1. The van der Waals surface area contributed by atoms with Gasteiger partial charge < -0.3 is 9.64 Å². The molecule has 3 nitrogen and oxygen atoms in total. The van der Waals surface area contributed by atoms with E-state index in [1.807, 2.05) is 55.2 Å². The summed E-state index contributed by atoms with van der Waals surface area (Å²) in [5.41, 5.74) is 1.00. The normalized spacial score (nSPS) is 12.0. The number of nitrogens with zero attached hydrogens (tertiary/aromatic N) is 1. The maximum absolute atomic E-state index is 12.3. The quantitative estimate of drug-likeness (QED) is 0.691. The third kappa shape index (κ3) is 4.72. The maximum Gasteiger partial charge on any atom is 0.410 e. The first-order valence-corrected chi connectivity index (χ1v) is 7.20. The second kappa shape index (κ2) is 8.41. The zero-order valence-electron chi connectivity index (χ0n) is 12.7. The highest BCUT2D eigenvalue weighted by Crippen LogP contribution is 2.16. The van der Waals surface area contributed by atoms with Gasteiger partial charge in [0.1, 0.15) is 6.61 Å². The number of ether oxygens (including phenoxy) is 1. The second-order valence-corrected chi connectivity index (χ2v) is 5.13. The minimum absolute atomic E-state index is 0.114. The lowest BCUT2D eigenvalue weighted by atomic mass is 10.1. The number of benzene rings is 1. The zero-order valence-corrected chi connectivity index (χ0v) is 12.7. The number of carbonyl (C=O) groups excluding carboxylic acids is 1. The van der Waals surface area contributed by atoms with Crippen LogP contribution in [0.25, 0.3) is 0 Å². The smallest absolute Gasteiger partial charge is 0.410 e. The molecule has 0 radical (unpaired) electrons. The molecule has 20 heavy (non-hydrogen) atoms. The molecule has 0 aliphatic carbocycles. The van der Waals surface area contributed by atoms with Gasteiger partial charge in [-0.1, -0.05) is 43.3 Å². The molecule has 1 aromatic rings. The summed E-state index contributed by atoms with van der Waals surface area (Å²) < 4.78 is 5.43. The summed E-state index contributed by atoms with van der Waals surface area (Å²) >= 11 is 0. The first-order valence-electron chi connectivity index (χ1n) is 7.20. The maximum atomic E-state index is 12.3. The summed E-state index contributed by atoms with van der Waals surface area (Å²) in [6, 6.07) is 10.00. The summed E-state index contributed by atoms with van der Waals surface area (Å²) in [4.78, 5) is 14.1. The Labute approximate surface area is 122 Å². The van der Waals surface area contributed by atoms with Crippen molar-refractivity contribution in [3.8, 4) is 0 Å². The largest absolute Gasteiger partial charge is 0.445 e. The van der Waals surface area contributed by atoms with Gasteiger partial charge in [0.25, 0.3) is 0 Å². The number of carbonyl (C=O) groups is 1. The lowest BCUT2D eigenvalue weighted by Gasteiger charge is -2.33. The number of rotatable bonds is 7. The van der Waals surface area contributed by atoms with Gasteiger partial charge in [-0.15, -0.1) is 6.58 Å². The van der Waals surface area contributed by atoms with E-state index in [1.165, 1.54) is 0 Å². The third-order valence-corrected chi connectivity index (χ3v) is 3.28. The van der Waals surface area contributed by atoms with Crippen molar-refractivity contribution in [1.82, 2.24) is 4.90 Å². The lowest BCUT2D eigenvalue weighted by Crippen LogP contribution is -2.44. The van der Waals surface area contributed by atoms with Crippen molar-refractivity contribution in [2.75, 3.05) is 0 Å². The molecule has 0 fully saturated rings. The van der Waals surface area contributed by atoms with Crippen molar-refractivity contribution < 1.29 is 9.53 Å². The van der Waals surface area contributed by atoms with E-state index in [0.717, 1.165) is 18.4 Å². The van der Waals surface area contributed by atoms with Crippen LogP contribution in [-0.4, -0.2) is 23.1 Å². The van der Waals surface area contributed by atoms with Crippen LogP contribution in [-0.2, 0) is 11.3 Å². The van der Waals surface area contributed by atoms with Gasteiger partial charge in [-0.05, 0) is 32.3 Å². The molecule has 1 aromatic carbocycles. The van der Waals surface area contributed by atoms with Crippen LogP contribution in [0.4, 0.5) is 4.79 Å². The Morgan fingerprint density at radius 1 is 1.35 bits per heavy atom. The average Bonchev–Trinajstić information content (AvgIpc) is 2.45. The first-order chi connectivity index (χ1) is 9.60. The van der Waals surface area contributed by atoms with Crippen LogP contribution in [0.2, 0.25) is 0 Å². The molecule has 0 aromatic heterocycles. The Kier molecular flexibility index (Phi) is 6.85. The van der Waals surface area contributed by atoms with Crippen LogP contribution in [0, 0.1) is 0 Å². The van der Waals surface area contributed by atoms with Crippen LogP contribution >= 0.6 is 0 Å². The molecular weight excluding hydrogens is 250 g/mol. The minimum atomic E-state index is -0.252. The minimum Gasteiger partial charge on any atom is -0.445 e. The van der Waals surface area contributed by atoms with Crippen LogP contribution in [0.5, 0.6) is 0 Å². The second-order valence-electron chi connectivity index (χ2n) is 5.13. The van der Waals surface area contributed by atoms with Crippen molar-refractivity contribution >= 4 is 6.09 Å². The van der Waals surface area contributed by atoms with E-state index in [-0.39, 0.29) is 18.2 Å². The third-order valence-electron chi connectivity index (χ3n) is 3.28. The first kappa shape index (κ1) is 16.3. The van der Waals surface area contributed by atoms with E-state index < -0.39 is 0 Å². The average molecular weight is 275 g/mol. The summed E-state index contributed by atoms with van der Waals surface area (Å²) in [6.45, 7) is 10.2. The summed E-state index contributed by atoms with van der Waals surface area (Å²) in [6.07, 6.45) is 3.28. The van der Waals surface area contributed by atoms with Gasteiger partial charge in [-0.25, -0.2) is 4.79 Å². The Balaban J connectivity index is 2.66. The Hall–Kier alpha value is -1.77. The fourth-order valence-corrected chi connectivity index (χ4v) is 2.24. The van der Waals surface area contributed by atoms with Crippen LogP contribution in [0.15, 0.2) is 43.0 Å². The molecule has 0 aliphatic heterocycles. The monoisotopic (exact) mass is 275 g/mol. The van der Waals surface area contributed by atoms with Crippen molar-refractivity contribution in [3.05, 3.63) is 48.6 Å². The predicted octanol–water partition coefficient (Wildman–Crippen LogP) is 4.39. The van der Waals surface area contributed by atoms with Crippen LogP contribution < -0.4 is 0 Å². The highest BCUT2D eigenvalue weighted by Gasteiger charge is 2.25. The SMILES string of the molecule is C=CCC(CC)N(C(=O)OCc1ccccc1)C(C)C. The van der Waals surface area contributed by atoms with Gasteiger partial charge >= 0.3 is 6.09 Å². The molecule has 0 saturated heterocycles. The van der Waals surface area contributed by atoms with Gasteiger partial charge in [0.05, 0.1) is 0 Å². The fraction of sp³-hybridized carbons (Fsp3) is 0.471. The predicted molar refractivity (Wildman–Crippen MR) is 82.5 cm³/mol. The molecule has 0 N–H and O–H groups in total. The molecule has 1 amide bonds. The van der Waals surface area contributed by atoms with Gasteiger partial charge in [0.15, 0.2) is 0 Å². The Bertz CT molecular complexity index is 414. The van der Waals surface area contributed by atoms with Crippen molar-refractivity contribution in [3.63, 3.8) is 0 Å². The molecule has 3 heteroatoms. The molecule has 0 saturated carbocycles. The molecule has 1 rings (SSSR count). The van der Waals surface area contributed by atoms with Crippen molar-refractivity contribution in [1.29, 1.82) is 0 Å². The molecule has 0 bridgehead atoms. The van der Waals surface area contributed by atoms with E-state index in [9.17, 15) is 4.79 Å². The molecule has 1 atom stereocenters. The van der Waals surface area contributed by atoms with Gasteiger partial charge in [-0.3, -0.25) is 0 Å². The summed E-state index contributed by atoms with van der Waals surface area (Å²) in [5, 5.41) is 0. The molecule has 0 heterocycles. The van der Waals surface area contributed by atoms with Gasteiger partial charge in [0, 0.05) is 12.1 Å². The highest BCUT2D eigenvalue weighted by molar-refractivity contribution is 5.68.